The number of carbonyl (C=O) groups excluding carboxylic acids is 2. The van der Waals surface area contributed by atoms with Gasteiger partial charge in [-0.05, 0) is 30.3 Å². The number of methoxy groups -OCH3 is 1. The molecule has 5 aromatic rings. The summed E-state index contributed by atoms with van der Waals surface area (Å²) in [4.78, 5) is 38.0. The van der Waals surface area contributed by atoms with Crippen LogP contribution in [0.2, 0.25) is 0 Å². The van der Waals surface area contributed by atoms with Crippen molar-refractivity contribution in [2.24, 2.45) is 0 Å². The third-order valence-corrected chi connectivity index (χ3v) is 7.62. The number of aliphatic hydroxyl groups is 1. The predicted octanol–water partition coefficient (Wildman–Crippen LogP) is 5.51. The highest BCUT2D eigenvalue weighted by Crippen LogP contribution is 2.45. The lowest BCUT2D eigenvalue weighted by Gasteiger charge is -2.27. The van der Waals surface area contributed by atoms with E-state index in [1.54, 1.807) is 43.5 Å². The Morgan fingerprint density at radius 1 is 1.05 bits per heavy atom. The van der Waals surface area contributed by atoms with Gasteiger partial charge in [-0.15, -0.1) is 11.3 Å². The second kappa shape index (κ2) is 11.8. The van der Waals surface area contributed by atoms with E-state index in [0.717, 1.165) is 5.56 Å². The molecule has 3 aromatic carbocycles. The summed E-state index contributed by atoms with van der Waals surface area (Å²) in [6.45, 7) is 0.990. The van der Waals surface area contributed by atoms with E-state index in [1.807, 2.05) is 36.4 Å². The van der Waals surface area contributed by atoms with Gasteiger partial charge in [-0.1, -0.05) is 30.3 Å². The molecule has 42 heavy (non-hydrogen) atoms. The number of benzene rings is 3. The van der Waals surface area contributed by atoms with E-state index in [2.05, 4.69) is 25.9 Å². The molecule has 3 amide bonds. The van der Waals surface area contributed by atoms with Gasteiger partial charge in [-0.2, -0.15) is 0 Å². The van der Waals surface area contributed by atoms with Crippen LogP contribution in [0.15, 0.2) is 79.1 Å². The number of urea groups is 1. The molecule has 12 heteroatoms. The van der Waals surface area contributed by atoms with Crippen LogP contribution in [0.4, 0.5) is 27.7 Å². The van der Waals surface area contributed by atoms with Crippen molar-refractivity contribution in [1.82, 2.24) is 15.3 Å². The van der Waals surface area contributed by atoms with Crippen LogP contribution in [0, 0.1) is 0 Å². The summed E-state index contributed by atoms with van der Waals surface area (Å²) >= 11 is 1.17. The summed E-state index contributed by atoms with van der Waals surface area (Å²) in [7, 11) is 1.55. The number of aromatic nitrogens is 2. The van der Waals surface area contributed by atoms with Gasteiger partial charge >= 0.3 is 6.03 Å². The highest BCUT2D eigenvalue weighted by Gasteiger charge is 2.34. The van der Waals surface area contributed by atoms with Crippen LogP contribution in [0.3, 0.4) is 0 Å². The maximum absolute atomic E-state index is 13.5. The number of amides is 3. The molecule has 4 N–H and O–H groups in total. The molecule has 1 aliphatic heterocycles. The fourth-order valence-corrected chi connectivity index (χ4v) is 5.62. The molecular weight excluding hydrogens is 556 g/mol. The molecule has 212 valence electrons. The summed E-state index contributed by atoms with van der Waals surface area (Å²) in [5.74, 6) is 1.78. The largest absolute Gasteiger partial charge is 0.496 e. The van der Waals surface area contributed by atoms with Crippen molar-refractivity contribution >= 4 is 56.4 Å². The topological polar surface area (TPSA) is 138 Å². The average Bonchev–Trinajstić information content (AvgIpc) is 3.38. The zero-order chi connectivity index (χ0) is 29.1. The zero-order valence-electron chi connectivity index (χ0n) is 22.5. The first-order valence-electron chi connectivity index (χ1n) is 13.1. The van der Waals surface area contributed by atoms with Crippen molar-refractivity contribution in [3.05, 3.63) is 89.6 Å². The molecule has 0 bridgehead atoms. The van der Waals surface area contributed by atoms with Crippen molar-refractivity contribution in [2.75, 3.05) is 35.8 Å². The van der Waals surface area contributed by atoms with Crippen LogP contribution in [0.1, 0.15) is 15.2 Å². The maximum atomic E-state index is 13.5. The number of nitrogens with one attached hydrogen (secondary N) is 3. The van der Waals surface area contributed by atoms with E-state index in [1.165, 1.54) is 22.6 Å². The molecule has 3 heterocycles. The molecule has 0 atom stereocenters. The SMILES string of the molecule is COc1cc(NC(=O)c2sc3ncnc4c3c2NC(=O)N4c2cccc(Oc3ccccc3)c2)ccc1CNCCO. The van der Waals surface area contributed by atoms with Crippen LogP contribution in [0.25, 0.3) is 10.2 Å². The van der Waals surface area contributed by atoms with Crippen LogP contribution in [-0.2, 0) is 6.54 Å². The monoisotopic (exact) mass is 582 g/mol. The minimum atomic E-state index is -0.465. The van der Waals surface area contributed by atoms with E-state index in [9.17, 15) is 9.59 Å². The van der Waals surface area contributed by atoms with E-state index in [-0.39, 0.29) is 6.61 Å². The molecule has 6 rings (SSSR count). The number of hydrogen-bond donors (Lipinski definition) is 4. The van der Waals surface area contributed by atoms with E-state index >= 15 is 0 Å². The molecule has 0 aliphatic carbocycles. The standard InChI is InChI=1S/C30H26N6O5S/c1-40-23-14-19(11-10-18(23)16-31-12-13-37)34-28(38)26-25-24-27(32-17-33-29(24)42-26)36(30(39)35-25)20-6-5-9-22(15-20)41-21-7-3-2-4-8-21/h2-11,14-15,17,31,37H,12-13,16H2,1H3,(H,34,38)(H,35,39). The number of aliphatic hydroxyl groups excluding tert-OH is 1. The Labute approximate surface area is 244 Å². The minimum absolute atomic E-state index is 0.0312. The van der Waals surface area contributed by atoms with Crippen LogP contribution in [0.5, 0.6) is 17.2 Å². The van der Waals surface area contributed by atoms with Crippen LogP contribution < -0.4 is 30.3 Å². The fraction of sp³-hybridized carbons (Fsp3) is 0.133. The number of anilines is 4. The van der Waals surface area contributed by atoms with Crippen LogP contribution >= 0.6 is 11.3 Å². The van der Waals surface area contributed by atoms with Gasteiger partial charge < -0.3 is 30.5 Å². The van der Waals surface area contributed by atoms with Gasteiger partial charge in [-0.3, -0.25) is 4.79 Å². The number of para-hydroxylation sites is 1. The minimum Gasteiger partial charge on any atom is -0.496 e. The normalized spacial score (nSPS) is 12.2. The van der Waals surface area contributed by atoms with Gasteiger partial charge in [-0.25, -0.2) is 19.7 Å². The first kappa shape index (κ1) is 27.1. The predicted molar refractivity (Wildman–Crippen MR) is 161 cm³/mol. The van der Waals surface area contributed by atoms with Crippen molar-refractivity contribution in [1.29, 1.82) is 0 Å². The Morgan fingerprint density at radius 3 is 2.69 bits per heavy atom. The Balaban J connectivity index is 1.29. The van der Waals surface area contributed by atoms with Gasteiger partial charge in [0.25, 0.3) is 5.91 Å². The number of ether oxygens (including phenoxy) is 2. The summed E-state index contributed by atoms with van der Waals surface area (Å²) in [5, 5.41) is 18.5. The van der Waals surface area contributed by atoms with E-state index in [4.69, 9.17) is 14.6 Å². The molecule has 1 aliphatic rings. The lowest BCUT2D eigenvalue weighted by Crippen LogP contribution is -2.35. The summed E-state index contributed by atoms with van der Waals surface area (Å²) in [6.07, 6.45) is 1.38. The second-order valence-corrected chi connectivity index (χ2v) is 10.2. The molecule has 0 radical (unpaired) electrons. The molecular formula is C30H26N6O5S. The average molecular weight is 583 g/mol. The molecule has 0 fully saturated rings. The van der Waals surface area contributed by atoms with Crippen molar-refractivity contribution in [3.8, 4) is 17.2 Å². The van der Waals surface area contributed by atoms with Crippen LogP contribution in [-0.4, -0.2) is 47.3 Å². The zero-order valence-corrected chi connectivity index (χ0v) is 23.3. The second-order valence-electron chi connectivity index (χ2n) is 9.24. The Bertz CT molecular complexity index is 1780. The lowest BCUT2D eigenvalue weighted by molar-refractivity contribution is 0.103. The quantitative estimate of drug-likeness (QED) is 0.158. The summed E-state index contributed by atoms with van der Waals surface area (Å²) in [5.41, 5.74) is 2.31. The first-order chi connectivity index (χ1) is 20.6. The lowest BCUT2D eigenvalue weighted by atomic mass is 10.1. The summed E-state index contributed by atoms with van der Waals surface area (Å²) in [6, 6.07) is 21.4. The molecule has 11 nitrogen and oxygen atoms in total. The Kier molecular flexibility index (Phi) is 7.64. The van der Waals surface area contributed by atoms with Crippen molar-refractivity contribution < 1.29 is 24.2 Å². The van der Waals surface area contributed by atoms with E-state index < -0.39 is 11.9 Å². The van der Waals surface area contributed by atoms with Crippen molar-refractivity contribution in [3.63, 3.8) is 0 Å². The number of rotatable bonds is 10. The number of carbonyl (C=O) groups is 2. The fourth-order valence-electron chi connectivity index (χ4n) is 4.63. The third-order valence-electron chi connectivity index (χ3n) is 6.53. The number of hydrogen-bond acceptors (Lipinski definition) is 9. The maximum Gasteiger partial charge on any atom is 0.332 e. The molecule has 0 saturated heterocycles. The Hall–Kier alpha value is -5.04. The smallest absolute Gasteiger partial charge is 0.332 e. The molecule has 0 saturated carbocycles. The Morgan fingerprint density at radius 2 is 1.88 bits per heavy atom. The summed E-state index contributed by atoms with van der Waals surface area (Å²) < 4.78 is 11.5. The van der Waals surface area contributed by atoms with Crippen molar-refractivity contribution in [2.45, 2.75) is 6.54 Å². The van der Waals surface area contributed by atoms with Gasteiger partial charge in [0.15, 0.2) is 5.82 Å². The first-order valence-corrected chi connectivity index (χ1v) is 13.9. The van der Waals surface area contributed by atoms with Gasteiger partial charge in [0.05, 0.1) is 30.5 Å². The van der Waals surface area contributed by atoms with Gasteiger partial charge in [0.1, 0.15) is 33.3 Å². The molecule has 2 aromatic heterocycles. The van der Waals surface area contributed by atoms with Gasteiger partial charge in [0, 0.05) is 36.5 Å². The number of thiophene rings is 1. The highest BCUT2D eigenvalue weighted by molar-refractivity contribution is 7.21. The highest BCUT2D eigenvalue weighted by atomic mass is 32.1. The number of nitrogens with zero attached hydrogens (tertiary/aromatic N) is 3. The molecule has 0 spiro atoms. The third kappa shape index (κ3) is 5.33. The molecule has 0 unspecified atom stereocenters. The van der Waals surface area contributed by atoms with Gasteiger partial charge in [0.2, 0.25) is 0 Å². The van der Waals surface area contributed by atoms with E-state index in [0.29, 0.717) is 68.3 Å².